The molecular formula is C17H17FN2O2. The van der Waals surface area contributed by atoms with Gasteiger partial charge in [-0.1, -0.05) is 18.2 Å². The van der Waals surface area contributed by atoms with Gasteiger partial charge in [-0.05, 0) is 42.8 Å². The predicted molar refractivity (Wildman–Crippen MR) is 83.4 cm³/mol. The highest BCUT2D eigenvalue weighted by Gasteiger charge is 2.04. The number of nitrogens with two attached hydrogens (primary N) is 1. The van der Waals surface area contributed by atoms with Crippen molar-refractivity contribution >= 4 is 12.1 Å². The zero-order valence-electron chi connectivity index (χ0n) is 12.2. The molecule has 2 rings (SSSR count). The van der Waals surface area contributed by atoms with E-state index < -0.39 is 11.9 Å². The average molecular weight is 300 g/mol. The Bertz CT molecular complexity index is 669. The third-order valence-corrected chi connectivity index (χ3v) is 3.09. The fraction of sp³-hybridized carbons (Fsp3) is 0.176. The van der Waals surface area contributed by atoms with E-state index in [0.717, 1.165) is 5.56 Å². The van der Waals surface area contributed by atoms with Crippen LogP contribution in [0.25, 0.3) is 0 Å². The lowest BCUT2D eigenvalue weighted by Gasteiger charge is -2.07. The maximum atomic E-state index is 13.5. The zero-order valence-corrected chi connectivity index (χ0v) is 12.2. The molecule has 0 radical (unpaired) electrons. The molecular weight excluding hydrogens is 283 g/mol. The lowest BCUT2D eigenvalue weighted by molar-refractivity contribution is -0.118. The zero-order chi connectivity index (χ0) is 15.9. The average Bonchev–Trinajstić information content (AvgIpc) is 2.52. The second kappa shape index (κ2) is 7.36. The van der Waals surface area contributed by atoms with Gasteiger partial charge in [-0.25, -0.2) is 4.39 Å². The van der Waals surface area contributed by atoms with Crippen LogP contribution in [0.15, 0.2) is 53.5 Å². The molecule has 0 fully saturated rings. The van der Waals surface area contributed by atoms with Crippen molar-refractivity contribution in [3.8, 4) is 5.75 Å². The van der Waals surface area contributed by atoms with Gasteiger partial charge in [-0.3, -0.25) is 9.79 Å². The molecule has 0 unspecified atom stereocenters. The first kappa shape index (κ1) is 15.7. The molecule has 2 aromatic rings. The summed E-state index contributed by atoms with van der Waals surface area (Å²) in [4.78, 5) is 14.9. The number of aliphatic imine (C=N–C) groups is 1. The summed E-state index contributed by atoms with van der Waals surface area (Å²) < 4.78 is 19.0. The topological polar surface area (TPSA) is 64.7 Å². The number of halogens is 1. The van der Waals surface area contributed by atoms with Gasteiger partial charge < -0.3 is 10.5 Å². The Balaban J connectivity index is 1.95. The van der Waals surface area contributed by atoms with Crippen LogP contribution in [0.4, 0.5) is 4.39 Å². The lowest BCUT2D eigenvalue weighted by Crippen LogP contribution is -2.23. The number of ether oxygens (including phenoxy) is 1. The second-order valence-corrected chi connectivity index (χ2v) is 4.81. The summed E-state index contributed by atoms with van der Waals surface area (Å²) in [7, 11) is 0. The number of hydrogen-bond acceptors (Lipinski definition) is 3. The molecule has 0 aliphatic carbocycles. The summed E-state index contributed by atoms with van der Waals surface area (Å²) in [6.45, 7) is 1.80. The van der Waals surface area contributed by atoms with E-state index in [1.54, 1.807) is 55.6 Å². The maximum Gasteiger partial charge on any atom is 0.241 e. The Labute approximate surface area is 128 Å². The Morgan fingerprint density at radius 3 is 2.59 bits per heavy atom. The molecule has 5 heteroatoms. The van der Waals surface area contributed by atoms with E-state index in [1.165, 1.54) is 6.07 Å². The number of amides is 1. The van der Waals surface area contributed by atoms with Crippen LogP contribution in [0.3, 0.4) is 0 Å². The number of nitrogens with zero attached hydrogens (tertiary/aromatic N) is 1. The first-order chi connectivity index (χ1) is 10.6. The summed E-state index contributed by atoms with van der Waals surface area (Å²) in [6, 6.07) is 13.0. The van der Waals surface area contributed by atoms with E-state index in [9.17, 15) is 9.18 Å². The molecule has 1 amide bonds. The third-order valence-electron chi connectivity index (χ3n) is 3.09. The van der Waals surface area contributed by atoms with Crippen molar-refractivity contribution in [3.63, 3.8) is 0 Å². The number of carbonyl (C=O) groups is 1. The van der Waals surface area contributed by atoms with E-state index in [4.69, 9.17) is 10.5 Å². The summed E-state index contributed by atoms with van der Waals surface area (Å²) in [5.41, 5.74) is 6.46. The Morgan fingerprint density at radius 1 is 1.27 bits per heavy atom. The molecule has 2 aromatic carbocycles. The van der Waals surface area contributed by atoms with Gasteiger partial charge in [0.2, 0.25) is 5.91 Å². The van der Waals surface area contributed by atoms with Gasteiger partial charge in [-0.2, -0.15) is 0 Å². The summed E-state index contributed by atoms with van der Waals surface area (Å²) in [6.07, 6.45) is 1.58. The van der Waals surface area contributed by atoms with Crippen molar-refractivity contribution in [2.45, 2.75) is 19.6 Å². The van der Waals surface area contributed by atoms with Crippen LogP contribution in [0.5, 0.6) is 5.75 Å². The van der Waals surface area contributed by atoms with Gasteiger partial charge >= 0.3 is 0 Å². The monoisotopic (exact) mass is 300 g/mol. The molecule has 0 saturated heterocycles. The molecule has 0 saturated carbocycles. The molecule has 4 nitrogen and oxygen atoms in total. The molecule has 0 aliphatic heterocycles. The highest BCUT2D eigenvalue weighted by molar-refractivity contribution is 5.85. The summed E-state index contributed by atoms with van der Waals surface area (Å²) in [5.74, 6) is -0.129. The molecule has 0 bridgehead atoms. The standard InChI is InChI=1S/C17H17FN2O2/c1-12(17(19)21)20-10-13-6-8-15(9-7-13)22-11-14-4-2-3-5-16(14)18/h2-10,12H,11H2,1H3,(H2,19,21)/t12-/m1/s1. The summed E-state index contributed by atoms with van der Waals surface area (Å²) >= 11 is 0. The third kappa shape index (κ3) is 4.41. The first-order valence-electron chi connectivity index (χ1n) is 6.85. The minimum absolute atomic E-state index is 0.165. The first-order valence-corrected chi connectivity index (χ1v) is 6.85. The van der Waals surface area contributed by atoms with Gasteiger partial charge in [0.25, 0.3) is 0 Å². The van der Waals surface area contributed by atoms with Gasteiger partial charge in [0.1, 0.15) is 24.2 Å². The highest BCUT2D eigenvalue weighted by Crippen LogP contribution is 2.15. The molecule has 114 valence electrons. The van der Waals surface area contributed by atoms with Crippen LogP contribution in [0.1, 0.15) is 18.1 Å². The van der Waals surface area contributed by atoms with E-state index in [1.807, 2.05) is 0 Å². The number of carbonyl (C=O) groups excluding carboxylic acids is 1. The SMILES string of the molecule is C[C@@H](N=Cc1ccc(OCc2ccccc2F)cc1)C(N)=O. The number of rotatable bonds is 6. The normalized spacial score (nSPS) is 12.3. The molecule has 2 N–H and O–H groups in total. The Hall–Kier alpha value is -2.69. The second-order valence-electron chi connectivity index (χ2n) is 4.81. The summed E-state index contributed by atoms with van der Waals surface area (Å²) in [5, 5.41) is 0. The largest absolute Gasteiger partial charge is 0.489 e. The van der Waals surface area contributed by atoms with Crippen molar-refractivity contribution in [3.05, 3.63) is 65.5 Å². The predicted octanol–water partition coefficient (Wildman–Crippen LogP) is 2.70. The highest BCUT2D eigenvalue weighted by atomic mass is 19.1. The van der Waals surface area contributed by atoms with Crippen LogP contribution < -0.4 is 10.5 Å². The minimum Gasteiger partial charge on any atom is -0.489 e. The van der Waals surface area contributed by atoms with Crippen LogP contribution in [0.2, 0.25) is 0 Å². The van der Waals surface area contributed by atoms with Gasteiger partial charge in [0.15, 0.2) is 0 Å². The van der Waals surface area contributed by atoms with Crippen molar-refractivity contribution in [1.82, 2.24) is 0 Å². The van der Waals surface area contributed by atoms with Crippen molar-refractivity contribution < 1.29 is 13.9 Å². The quantitative estimate of drug-likeness (QED) is 0.834. The van der Waals surface area contributed by atoms with Crippen LogP contribution in [-0.2, 0) is 11.4 Å². The Kier molecular flexibility index (Phi) is 5.25. The van der Waals surface area contributed by atoms with Crippen molar-refractivity contribution in [1.29, 1.82) is 0 Å². The van der Waals surface area contributed by atoms with Crippen LogP contribution in [-0.4, -0.2) is 18.2 Å². The smallest absolute Gasteiger partial charge is 0.241 e. The number of primary amides is 1. The minimum atomic E-state index is -0.558. The molecule has 0 heterocycles. The number of benzene rings is 2. The Morgan fingerprint density at radius 2 is 1.95 bits per heavy atom. The molecule has 22 heavy (non-hydrogen) atoms. The van der Waals surface area contributed by atoms with E-state index >= 15 is 0 Å². The maximum absolute atomic E-state index is 13.5. The van der Waals surface area contributed by atoms with Gasteiger partial charge in [0.05, 0.1) is 0 Å². The van der Waals surface area contributed by atoms with E-state index in [2.05, 4.69) is 4.99 Å². The van der Waals surface area contributed by atoms with E-state index in [-0.39, 0.29) is 12.4 Å². The fourth-order valence-electron chi connectivity index (χ4n) is 1.70. The van der Waals surface area contributed by atoms with Crippen molar-refractivity contribution in [2.24, 2.45) is 10.7 Å². The van der Waals surface area contributed by atoms with Crippen molar-refractivity contribution in [2.75, 3.05) is 0 Å². The fourth-order valence-corrected chi connectivity index (χ4v) is 1.70. The van der Waals surface area contributed by atoms with Crippen LogP contribution >= 0.6 is 0 Å². The van der Waals surface area contributed by atoms with Crippen LogP contribution in [0, 0.1) is 5.82 Å². The molecule has 0 aliphatic rings. The van der Waals surface area contributed by atoms with Gasteiger partial charge in [-0.15, -0.1) is 0 Å². The van der Waals surface area contributed by atoms with Gasteiger partial charge in [0, 0.05) is 11.8 Å². The van der Waals surface area contributed by atoms with E-state index in [0.29, 0.717) is 11.3 Å². The molecule has 1 atom stereocenters. The molecule has 0 aromatic heterocycles. The number of hydrogen-bond donors (Lipinski definition) is 1. The molecule has 0 spiro atoms. The lowest BCUT2D eigenvalue weighted by atomic mass is 10.2.